The van der Waals surface area contributed by atoms with Gasteiger partial charge < -0.3 is 10.1 Å². The SMILES string of the molecule is CC1CCCC(NCCOc2ccc(Br)cc2Br)C1. The molecule has 1 N–H and O–H groups in total. The fourth-order valence-corrected chi connectivity index (χ4v) is 3.80. The first-order valence-electron chi connectivity index (χ1n) is 6.96. The molecule has 2 unspecified atom stereocenters. The summed E-state index contributed by atoms with van der Waals surface area (Å²) in [5.41, 5.74) is 0. The first-order valence-corrected chi connectivity index (χ1v) is 8.55. The van der Waals surface area contributed by atoms with Crippen molar-refractivity contribution in [2.75, 3.05) is 13.2 Å². The van der Waals surface area contributed by atoms with Gasteiger partial charge in [-0.3, -0.25) is 0 Å². The maximum Gasteiger partial charge on any atom is 0.133 e. The molecule has 0 saturated heterocycles. The van der Waals surface area contributed by atoms with Gasteiger partial charge in [-0.05, 0) is 52.9 Å². The molecule has 0 aliphatic heterocycles. The van der Waals surface area contributed by atoms with E-state index in [4.69, 9.17) is 4.74 Å². The van der Waals surface area contributed by atoms with Gasteiger partial charge in [-0.2, -0.15) is 0 Å². The van der Waals surface area contributed by atoms with E-state index in [9.17, 15) is 0 Å². The van der Waals surface area contributed by atoms with Crippen LogP contribution in [0.25, 0.3) is 0 Å². The third-order valence-electron chi connectivity index (χ3n) is 3.62. The first kappa shape index (κ1) is 15.3. The third-order valence-corrected chi connectivity index (χ3v) is 4.74. The predicted octanol–water partition coefficient (Wildman–Crippen LogP) is 4.76. The molecule has 0 bridgehead atoms. The highest BCUT2D eigenvalue weighted by atomic mass is 79.9. The minimum Gasteiger partial charge on any atom is -0.491 e. The molecule has 1 aliphatic rings. The smallest absolute Gasteiger partial charge is 0.133 e. The van der Waals surface area contributed by atoms with Crippen LogP contribution >= 0.6 is 31.9 Å². The molecule has 1 fully saturated rings. The number of halogens is 2. The Kier molecular flexibility index (Phi) is 6.17. The zero-order valence-electron chi connectivity index (χ0n) is 11.3. The molecule has 0 aromatic heterocycles. The largest absolute Gasteiger partial charge is 0.491 e. The Labute approximate surface area is 132 Å². The van der Waals surface area contributed by atoms with E-state index < -0.39 is 0 Å². The highest BCUT2D eigenvalue weighted by molar-refractivity contribution is 9.11. The van der Waals surface area contributed by atoms with Crippen molar-refractivity contribution in [1.29, 1.82) is 0 Å². The van der Waals surface area contributed by atoms with Gasteiger partial charge in [0.2, 0.25) is 0 Å². The summed E-state index contributed by atoms with van der Waals surface area (Å²) >= 11 is 6.95. The Hall–Kier alpha value is -0.0600. The van der Waals surface area contributed by atoms with Crippen LogP contribution in [0.4, 0.5) is 0 Å². The van der Waals surface area contributed by atoms with Gasteiger partial charge in [0.05, 0.1) is 4.47 Å². The minimum atomic E-state index is 0.681. The molecule has 19 heavy (non-hydrogen) atoms. The van der Waals surface area contributed by atoms with E-state index in [1.165, 1.54) is 25.7 Å². The fourth-order valence-electron chi connectivity index (χ4n) is 2.64. The Morgan fingerprint density at radius 2 is 2.16 bits per heavy atom. The normalized spacial score (nSPS) is 23.3. The molecule has 0 radical (unpaired) electrons. The van der Waals surface area contributed by atoms with Crippen molar-refractivity contribution in [3.63, 3.8) is 0 Å². The second-order valence-electron chi connectivity index (χ2n) is 5.35. The lowest BCUT2D eigenvalue weighted by atomic mass is 9.87. The topological polar surface area (TPSA) is 21.3 Å². The van der Waals surface area contributed by atoms with E-state index in [1.54, 1.807) is 0 Å². The summed E-state index contributed by atoms with van der Waals surface area (Å²) in [5, 5.41) is 3.60. The highest BCUT2D eigenvalue weighted by Gasteiger charge is 2.17. The lowest BCUT2D eigenvalue weighted by Gasteiger charge is -2.27. The number of nitrogens with one attached hydrogen (secondary N) is 1. The van der Waals surface area contributed by atoms with Gasteiger partial charge in [-0.25, -0.2) is 0 Å². The van der Waals surface area contributed by atoms with Crippen molar-refractivity contribution in [2.24, 2.45) is 5.92 Å². The lowest BCUT2D eigenvalue weighted by molar-refractivity contribution is 0.265. The summed E-state index contributed by atoms with van der Waals surface area (Å²) in [4.78, 5) is 0. The van der Waals surface area contributed by atoms with Crippen molar-refractivity contribution >= 4 is 31.9 Å². The van der Waals surface area contributed by atoms with Crippen molar-refractivity contribution in [1.82, 2.24) is 5.32 Å². The highest BCUT2D eigenvalue weighted by Crippen LogP contribution is 2.28. The van der Waals surface area contributed by atoms with Gasteiger partial charge >= 0.3 is 0 Å². The molecule has 0 spiro atoms. The molecule has 106 valence electrons. The summed E-state index contributed by atoms with van der Waals surface area (Å²) in [6.45, 7) is 3.98. The second kappa shape index (κ2) is 7.65. The average molecular weight is 391 g/mol. The van der Waals surface area contributed by atoms with E-state index >= 15 is 0 Å². The predicted molar refractivity (Wildman–Crippen MR) is 86.8 cm³/mol. The number of hydrogen-bond donors (Lipinski definition) is 1. The Balaban J connectivity index is 1.69. The first-order chi connectivity index (χ1) is 9.15. The minimum absolute atomic E-state index is 0.681. The molecule has 1 saturated carbocycles. The summed E-state index contributed by atoms with van der Waals surface area (Å²) in [6.07, 6.45) is 5.37. The van der Waals surface area contributed by atoms with E-state index in [1.807, 2.05) is 18.2 Å². The molecule has 4 heteroatoms. The van der Waals surface area contributed by atoms with Gasteiger partial charge in [0.1, 0.15) is 12.4 Å². The van der Waals surface area contributed by atoms with Crippen LogP contribution in [0.2, 0.25) is 0 Å². The summed E-state index contributed by atoms with van der Waals surface area (Å²) in [7, 11) is 0. The number of hydrogen-bond acceptors (Lipinski definition) is 2. The second-order valence-corrected chi connectivity index (χ2v) is 7.12. The summed E-state index contributed by atoms with van der Waals surface area (Å²) in [5.74, 6) is 1.77. The van der Waals surface area contributed by atoms with Crippen molar-refractivity contribution < 1.29 is 4.74 Å². The van der Waals surface area contributed by atoms with Crippen molar-refractivity contribution in [2.45, 2.75) is 38.6 Å². The van der Waals surface area contributed by atoms with Crippen LogP contribution in [0.5, 0.6) is 5.75 Å². The van der Waals surface area contributed by atoms with Crippen LogP contribution in [0.15, 0.2) is 27.1 Å². The van der Waals surface area contributed by atoms with Crippen LogP contribution in [-0.2, 0) is 0 Å². The third kappa shape index (κ3) is 5.09. The van der Waals surface area contributed by atoms with Gasteiger partial charge in [-0.15, -0.1) is 0 Å². The molecular weight excluding hydrogens is 370 g/mol. The number of benzene rings is 1. The van der Waals surface area contributed by atoms with E-state index in [0.717, 1.165) is 27.2 Å². The molecular formula is C15H21Br2NO. The fraction of sp³-hybridized carbons (Fsp3) is 0.600. The molecule has 2 atom stereocenters. The van der Waals surface area contributed by atoms with Crippen LogP contribution in [-0.4, -0.2) is 19.2 Å². The molecule has 1 aromatic rings. The Bertz CT molecular complexity index is 411. The maximum absolute atomic E-state index is 5.78. The number of ether oxygens (including phenoxy) is 1. The Morgan fingerprint density at radius 1 is 1.32 bits per heavy atom. The quantitative estimate of drug-likeness (QED) is 0.731. The van der Waals surface area contributed by atoms with Gasteiger partial charge in [0.25, 0.3) is 0 Å². The lowest BCUT2D eigenvalue weighted by Crippen LogP contribution is -2.36. The van der Waals surface area contributed by atoms with Gasteiger partial charge in [-0.1, -0.05) is 35.7 Å². The standard InChI is InChI=1S/C15H21Br2NO/c1-11-3-2-4-13(9-11)18-7-8-19-15-6-5-12(16)10-14(15)17/h5-6,10-11,13,18H,2-4,7-9H2,1H3. The molecule has 2 nitrogen and oxygen atoms in total. The Morgan fingerprint density at radius 3 is 2.89 bits per heavy atom. The van der Waals surface area contributed by atoms with Gasteiger partial charge in [0, 0.05) is 17.1 Å². The zero-order chi connectivity index (χ0) is 13.7. The van der Waals surface area contributed by atoms with E-state index in [0.29, 0.717) is 12.6 Å². The van der Waals surface area contributed by atoms with Gasteiger partial charge in [0.15, 0.2) is 0 Å². The van der Waals surface area contributed by atoms with E-state index in [2.05, 4.69) is 44.1 Å². The molecule has 0 heterocycles. The van der Waals surface area contributed by atoms with Crippen molar-refractivity contribution in [3.05, 3.63) is 27.1 Å². The van der Waals surface area contributed by atoms with E-state index in [-0.39, 0.29) is 0 Å². The maximum atomic E-state index is 5.78. The molecule has 0 amide bonds. The summed E-state index contributed by atoms with van der Waals surface area (Å²) < 4.78 is 7.83. The zero-order valence-corrected chi connectivity index (χ0v) is 14.5. The van der Waals surface area contributed by atoms with Crippen LogP contribution in [0, 0.1) is 5.92 Å². The van der Waals surface area contributed by atoms with Crippen LogP contribution < -0.4 is 10.1 Å². The number of rotatable bonds is 5. The average Bonchev–Trinajstić information content (AvgIpc) is 2.37. The van der Waals surface area contributed by atoms with Crippen molar-refractivity contribution in [3.8, 4) is 5.75 Å². The monoisotopic (exact) mass is 389 g/mol. The van der Waals surface area contributed by atoms with Crippen LogP contribution in [0.3, 0.4) is 0 Å². The summed E-state index contributed by atoms with van der Waals surface area (Å²) in [6, 6.07) is 6.67. The molecule has 1 aromatic carbocycles. The molecule has 2 rings (SSSR count). The van der Waals surface area contributed by atoms with Crippen LogP contribution in [0.1, 0.15) is 32.6 Å². The molecule has 1 aliphatic carbocycles.